The number of allylic oxidation sites excluding steroid dienone is 1. The molecule has 1 N–H and O–H groups in total. The predicted octanol–water partition coefficient (Wildman–Crippen LogP) is 0.984. The number of carbonyl (C=O) groups is 1. The first-order valence-corrected chi connectivity index (χ1v) is 4.53. The van der Waals surface area contributed by atoms with E-state index in [0.29, 0.717) is 0 Å². The first-order chi connectivity index (χ1) is 6.77. The van der Waals surface area contributed by atoms with E-state index in [4.69, 9.17) is 0 Å². The Labute approximate surface area is 82.0 Å². The highest BCUT2D eigenvalue weighted by Crippen LogP contribution is 2.24. The molecular formula is C10H11N3O. The van der Waals surface area contributed by atoms with Crippen molar-refractivity contribution in [3.8, 4) is 0 Å². The Morgan fingerprint density at radius 1 is 1.57 bits per heavy atom. The molecule has 1 aromatic rings. The maximum Gasteiger partial charge on any atom is 0.233 e. The summed E-state index contributed by atoms with van der Waals surface area (Å²) in [5.41, 5.74) is 1.52. The highest BCUT2D eigenvalue weighted by atomic mass is 16.2. The van der Waals surface area contributed by atoms with Gasteiger partial charge < -0.3 is 5.32 Å². The lowest BCUT2D eigenvalue weighted by Gasteiger charge is -2.22. The Morgan fingerprint density at radius 3 is 3.07 bits per heavy atom. The van der Waals surface area contributed by atoms with Crippen molar-refractivity contribution in [2.75, 3.05) is 0 Å². The third-order valence-corrected chi connectivity index (χ3v) is 2.30. The Hall–Kier alpha value is -1.71. The zero-order chi connectivity index (χ0) is 9.97. The lowest BCUT2D eigenvalue weighted by molar-refractivity contribution is -0.123. The summed E-state index contributed by atoms with van der Waals surface area (Å²) in [6, 6.07) is 3.62. The Morgan fingerprint density at radius 2 is 2.43 bits per heavy atom. The van der Waals surface area contributed by atoms with Crippen molar-refractivity contribution >= 4 is 5.91 Å². The van der Waals surface area contributed by atoms with Crippen LogP contribution in [0.3, 0.4) is 0 Å². The first-order valence-electron chi connectivity index (χ1n) is 4.53. The number of piperidine rings is 1. The second-order valence-corrected chi connectivity index (χ2v) is 3.33. The Bertz CT molecular complexity index is 361. The number of aromatic nitrogens is 2. The predicted molar refractivity (Wildman–Crippen MR) is 51.3 cm³/mol. The molecule has 2 heterocycles. The highest BCUT2D eigenvalue weighted by molar-refractivity contribution is 5.85. The van der Waals surface area contributed by atoms with Gasteiger partial charge >= 0.3 is 0 Å². The molecule has 14 heavy (non-hydrogen) atoms. The summed E-state index contributed by atoms with van der Waals surface area (Å²) in [6.07, 6.45) is 3.18. The van der Waals surface area contributed by atoms with E-state index in [2.05, 4.69) is 22.1 Å². The smallest absolute Gasteiger partial charge is 0.233 e. The van der Waals surface area contributed by atoms with Crippen LogP contribution in [-0.2, 0) is 4.79 Å². The molecule has 0 spiro atoms. The van der Waals surface area contributed by atoms with Crippen molar-refractivity contribution in [1.82, 2.24) is 15.5 Å². The van der Waals surface area contributed by atoms with Crippen molar-refractivity contribution in [2.45, 2.75) is 18.8 Å². The molecule has 1 aromatic heterocycles. The minimum Gasteiger partial charge on any atom is -0.330 e. The third kappa shape index (κ3) is 1.64. The topological polar surface area (TPSA) is 54.9 Å². The molecule has 72 valence electrons. The fourth-order valence-corrected chi connectivity index (χ4v) is 1.55. The average Bonchev–Trinajstić information content (AvgIpc) is 2.19. The molecule has 1 amide bonds. The minimum atomic E-state index is -0.172. The molecule has 1 saturated heterocycles. The van der Waals surface area contributed by atoms with Crippen molar-refractivity contribution in [2.24, 2.45) is 0 Å². The Kier molecular flexibility index (Phi) is 2.26. The van der Waals surface area contributed by atoms with Crippen LogP contribution in [-0.4, -0.2) is 16.1 Å². The van der Waals surface area contributed by atoms with E-state index in [0.717, 1.165) is 24.2 Å². The van der Waals surface area contributed by atoms with E-state index >= 15 is 0 Å². The summed E-state index contributed by atoms with van der Waals surface area (Å²) in [7, 11) is 0. The van der Waals surface area contributed by atoms with E-state index in [9.17, 15) is 4.79 Å². The standard InChI is InChI=1S/C10H11N3O/c1-7-4-5-8(10(14)12-7)9-3-2-6-11-13-9/h2-3,6,8H,1,4-5H2,(H,12,14). The van der Waals surface area contributed by atoms with Gasteiger partial charge in [-0.2, -0.15) is 10.2 Å². The van der Waals surface area contributed by atoms with Gasteiger partial charge in [-0.1, -0.05) is 6.58 Å². The van der Waals surface area contributed by atoms with Gasteiger partial charge in [-0.05, 0) is 25.0 Å². The summed E-state index contributed by atoms with van der Waals surface area (Å²) in [5.74, 6) is -0.198. The van der Waals surface area contributed by atoms with Gasteiger partial charge in [0, 0.05) is 11.9 Å². The van der Waals surface area contributed by atoms with Crippen LogP contribution in [0.5, 0.6) is 0 Å². The van der Waals surface area contributed by atoms with Crippen LogP contribution in [0, 0.1) is 0 Å². The lowest BCUT2D eigenvalue weighted by Crippen LogP contribution is -2.33. The monoisotopic (exact) mass is 189 g/mol. The summed E-state index contributed by atoms with van der Waals surface area (Å²) in [4.78, 5) is 11.6. The van der Waals surface area contributed by atoms with Gasteiger partial charge in [0.15, 0.2) is 0 Å². The first kappa shape index (κ1) is 8.87. The summed E-state index contributed by atoms with van der Waals surface area (Å²) in [5, 5.41) is 10.4. The third-order valence-electron chi connectivity index (χ3n) is 2.30. The highest BCUT2D eigenvalue weighted by Gasteiger charge is 2.26. The molecule has 4 heteroatoms. The number of carbonyl (C=O) groups excluding carboxylic acids is 1. The molecule has 0 radical (unpaired) electrons. The fourth-order valence-electron chi connectivity index (χ4n) is 1.55. The van der Waals surface area contributed by atoms with Gasteiger partial charge in [-0.15, -0.1) is 0 Å². The zero-order valence-electron chi connectivity index (χ0n) is 7.73. The molecule has 0 bridgehead atoms. The molecule has 0 aromatic carbocycles. The van der Waals surface area contributed by atoms with Crippen molar-refractivity contribution in [1.29, 1.82) is 0 Å². The molecule has 4 nitrogen and oxygen atoms in total. The van der Waals surface area contributed by atoms with Gasteiger partial charge in [0.1, 0.15) is 0 Å². The van der Waals surface area contributed by atoms with Crippen LogP contribution in [0.1, 0.15) is 24.5 Å². The van der Waals surface area contributed by atoms with E-state index in [1.807, 2.05) is 6.07 Å². The fraction of sp³-hybridized carbons (Fsp3) is 0.300. The van der Waals surface area contributed by atoms with E-state index in [-0.39, 0.29) is 11.8 Å². The largest absolute Gasteiger partial charge is 0.330 e. The second kappa shape index (κ2) is 3.57. The van der Waals surface area contributed by atoms with Crippen LogP contribution in [0.25, 0.3) is 0 Å². The normalized spacial score (nSPS) is 21.9. The number of hydrogen-bond donors (Lipinski definition) is 1. The van der Waals surface area contributed by atoms with Crippen molar-refractivity contribution in [3.63, 3.8) is 0 Å². The van der Waals surface area contributed by atoms with Crippen molar-refractivity contribution in [3.05, 3.63) is 36.3 Å². The van der Waals surface area contributed by atoms with Gasteiger partial charge in [0.05, 0.1) is 11.6 Å². The molecule has 0 aliphatic carbocycles. The molecule has 1 atom stereocenters. The summed E-state index contributed by atoms with van der Waals surface area (Å²) in [6.45, 7) is 3.72. The number of nitrogens with zero attached hydrogens (tertiary/aromatic N) is 2. The van der Waals surface area contributed by atoms with Gasteiger partial charge in [-0.3, -0.25) is 4.79 Å². The van der Waals surface area contributed by atoms with Crippen LogP contribution in [0.2, 0.25) is 0 Å². The number of rotatable bonds is 1. The number of hydrogen-bond acceptors (Lipinski definition) is 3. The maximum atomic E-state index is 11.6. The van der Waals surface area contributed by atoms with E-state index in [1.165, 1.54) is 0 Å². The lowest BCUT2D eigenvalue weighted by atomic mass is 9.94. The summed E-state index contributed by atoms with van der Waals surface area (Å²) < 4.78 is 0. The van der Waals surface area contributed by atoms with Gasteiger partial charge in [-0.25, -0.2) is 0 Å². The SMILES string of the molecule is C=C1CCC(c2cccnn2)C(=O)N1. The molecule has 1 unspecified atom stereocenters. The van der Waals surface area contributed by atoms with Crippen LogP contribution >= 0.6 is 0 Å². The second-order valence-electron chi connectivity index (χ2n) is 3.33. The Balaban J connectivity index is 2.20. The van der Waals surface area contributed by atoms with Crippen LogP contribution in [0.4, 0.5) is 0 Å². The van der Waals surface area contributed by atoms with Crippen LogP contribution < -0.4 is 5.32 Å². The maximum absolute atomic E-state index is 11.6. The van der Waals surface area contributed by atoms with Gasteiger partial charge in [0.25, 0.3) is 0 Å². The van der Waals surface area contributed by atoms with E-state index in [1.54, 1.807) is 12.3 Å². The number of amides is 1. The molecule has 1 aliphatic rings. The van der Waals surface area contributed by atoms with Gasteiger partial charge in [0.2, 0.25) is 5.91 Å². The molecular weight excluding hydrogens is 178 g/mol. The average molecular weight is 189 g/mol. The van der Waals surface area contributed by atoms with Crippen LogP contribution in [0.15, 0.2) is 30.6 Å². The number of nitrogens with one attached hydrogen (secondary N) is 1. The quantitative estimate of drug-likeness (QED) is 0.716. The zero-order valence-corrected chi connectivity index (χ0v) is 7.73. The molecule has 1 aliphatic heterocycles. The molecule has 1 fully saturated rings. The summed E-state index contributed by atoms with van der Waals surface area (Å²) >= 11 is 0. The molecule has 0 saturated carbocycles. The van der Waals surface area contributed by atoms with Crippen molar-refractivity contribution < 1.29 is 4.79 Å². The molecule has 2 rings (SSSR count). The van der Waals surface area contributed by atoms with E-state index < -0.39 is 0 Å². The minimum absolute atomic E-state index is 0.0262.